The minimum absolute atomic E-state index is 0.0739. The van der Waals surface area contributed by atoms with Gasteiger partial charge in [0.1, 0.15) is 11.1 Å². The molecule has 144 valence electrons. The van der Waals surface area contributed by atoms with Crippen LogP contribution in [0.2, 0.25) is 0 Å². The smallest absolute Gasteiger partial charge is 0.330 e. The number of benzene rings is 1. The van der Waals surface area contributed by atoms with E-state index in [9.17, 15) is 19.5 Å². The van der Waals surface area contributed by atoms with Crippen molar-refractivity contribution in [3.05, 3.63) is 84.1 Å². The van der Waals surface area contributed by atoms with Gasteiger partial charge in [0, 0.05) is 20.3 Å². The molecule has 3 heterocycles. The Morgan fingerprint density at radius 1 is 1.03 bits per heavy atom. The highest BCUT2D eigenvalue weighted by Gasteiger charge is 2.16. The molecule has 0 radical (unpaired) electrons. The van der Waals surface area contributed by atoms with Gasteiger partial charge in [-0.1, -0.05) is 24.0 Å². The Morgan fingerprint density at radius 3 is 2.59 bits per heavy atom. The van der Waals surface area contributed by atoms with Crippen LogP contribution >= 0.6 is 11.3 Å². The van der Waals surface area contributed by atoms with Crippen molar-refractivity contribution in [1.82, 2.24) is 9.13 Å². The molecule has 0 fully saturated rings. The summed E-state index contributed by atoms with van der Waals surface area (Å²) >= 11 is 1.21. The number of fused-ring (bicyclic) bond motifs is 1. The molecule has 0 aliphatic carbocycles. The van der Waals surface area contributed by atoms with Gasteiger partial charge < -0.3 is 14.1 Å². The highest BCUT2D eigenvalue weighted by Crippen LogP contribution is 2.34. The van der Waals surface area contributed by atoms with E-state index in [1.807, 2.05) is 0 Å². The Balaban J connectivity index is 1.77. The van der Waals surface area contributed by atoms with E-state index in [0.717, 1.165) is 4.57 Å². The van der Waals surface area contributed by atoms with Gasteiger partial charge in [0.25, 0.3) is 5.56 Å². The minimum atomic E-state index is -0.503. The van der Waals surface area contributed by atoms with Crippen LogP contribution in [0, 0.1) is 11.8 Å². The summed E-state index contributed by atoms with van der Waals surface area (Å²) in [7, 11) is 2.93. The highest BCUT2D eigenvalue weighted by molar-refractivity contribution is 7.16. The second kappa shape index (κ2) is 6.96. The fourth-order valence-electron chi connectivity index (χ4n) is 2.85. The number of hydrogen-bond donors (Lipinski definition) is 1. The predicted molar refractivity (Wildman–Crippen MR) is 110 cm³/mol. The number of aromatic nitrogens is 2. The third-order valence-corrected chi connectivity index (χ3v) is 5.37. The van der Waals surface area contributed by atoms with Crippen LogP contribution < -0.4 is 16.7 Å². The number of rotatable bonds is 1. The van der Waals surface area contributed by atoms with E-state index >= 15 is 0 Å². The van der Waals surface area contributed by atoms with Crippen LogP contribution in [0.15, 0.2) is 61.4 Å². The molecule has 0 saturated heterocycles. The third-order valence-electron chi connectivity index (χ3n) is 4.37. The maximum absolute atomic E-state index is 12.4. The first-order valence-corrected chi connectivity index (χ1v) is 9.32. The van der Waals surface area contributed by atoms with Crippen molar-refractivity contribution in [2.24, 2.45) is 14.1 Å². The molecule has 0 bridgehead atoms. The minimum Gasteiger partial charge on any atom is -0.501 e. The fourth-order valence-corrected chi connectivity index (χ4v) is 3.69. The van der Waals surface area contributed by atoms with E-state index in [2.05, 4.69) is 11.8 Å². The zero-order valence-corrected chi connectivity index (χ0v) is 16.2. The van der Waals surface area contributed by atoms with Crippen LogP contribution in [0.5, 0.6) is 5.75 Å². The van der Waals surface area contributed by atoms with Crippen molar-refractivity contribution in [2.45, 2.75) is 0 Å². The number of para-hydroxylation sites is 1. The van der Waals surface area contributed by atoms with Gasteiger partial charge in [-0.2, -0.15) is 0 Å². The lowest BCUT2D eigenvalue weighted by molar-refractivity contribution is 0.449. The number of aryl methyl sites for hydroxylation is 1. The lowest BCUT2D eigenvalue weighted by Gasteiger charge is -2.03. The number of aromatic hydroxyl groups is 1. The van der Waals surface area contributed by atoms with E-state index in [1.165, 1.54) is 29.1 Å². The molecule has 4 rings (SSSR count). The highest BCUT2D eigenvalue weighted by atomic mass is 32.1. The third kappa shape index (κ3) is 3.17. The monoisotopic (exact) mass is 406 g/mol. The van der Waals surface area contributed by atoms with Crippen LogP contribution in [0.1, 0.15) is 10.4 Å². The largest absolute Gasteiger partial charge is 0.501 e. The molecule has 3 aromatic heterocycles. The number of nitrogens with zero attached hydrogens (tertiary/aromatic N) is 2. The fraction of sp³-hybridized carbons (Fsp3) is 0.0952. The van der Waals surface area contributed by atoms with Crippen LogP contribution in [-0.4, -0.2) is 14.2 Å². The zero-order chi connectivity index (χ0) is 20.7. The van der Waals surface area contributed by atoms with Crippen molar-refractivity contribution < 1.29 is 9.52 Å². The van der Waals surface area contributed by atoms with Gasteiger partial charge in [-0.3, -0.25) is 14.2 Å². The Kier molecular flexibility index (Phi) is 4.45. The van der Waals surface area contributed by atoms with Gasteiger partial charge in [-0.15, -0.1) is 11.3 Å². The summed E-state index contributed by atoms with van der Waals surface area (Å²) in [5.41, 5.74) is -0.849. The summed E-state index contributed by atoms with van der Waals surface area (Å²) in [6.07, 6.45) is 1.39. The van der Waals surface area contributed by atoms with Crippen LogP contribution in [0.3, 0.4) is 0 Å². The van der Waals surface area contributed by atoms with Gasteiger partial charge >= 0.3 is 5.69 Å². The number of thiophene rings is 1. The lowest BCUT2D eigenvalue weighted by atomic mass is 10.2. The molecular weight excluding hydrogens is 392 g/mol. The van der Waals surface area contributed by atoms with Crippen LogP contribution in [0.25, 0.3) is 21.6 Å². The molecule has 7 nitrogen and oxygen atoms in total. The first-order valence-electron chi connectivity index (χ1n) is 8.50. The van der Waals surface area contributed by atoms with Gasteiger partial charge in [0.05, 0.1) is 15.1 Å². The van der Waals surface area contributed by atoms with E-state index < -0.39 is 22.4 Å². The van der Waals surface area contributed by atoms with Crippen LogP contribution in [0.4, 0.5) is 0 Å². The molecule has 0 aliphatic rings. The summed E-state index contributed by atoms with van der Waals surface area (Å²) in [5, 5.41) is 10.6. The van der Waals surface area contributed by atoms with Crippen molar-refractivity contribution in [3.63, 3.8) is 0 Å². The first kappa shape index (κ1) is 18.5. The molecule has 8 heteroatoms. The van der Waals surface area contributed by atoms with Crippen LogP contribution in [-0.2, 0) is 14.1 Å². The Morgan fingerprint density at radius 2 is 1.79 bits per heavy atom. The quantitative estimate of drug-likeness (QED) is 0.488. The molecule has 0 aliphatic heterocycles. The van der Waals surface area contributed by atoms with E-state index in [1.54, 1.807) is 43.4 Å². The second-order valence-electron chi connectivity index (χ2n) is 6.32. The maximum atomic E-state index is 12.4. The maximum Gasteiger partial charge on any atom is 0.330 e. The molecule has 0 spiro atoms. The average molecular weight is 406 g/mol. The second-order valence-corrected chi connectivity index (χ2v) is 7.40. The van der Waals surface area contributed by atoms with Gasteiger partial charge in [0.2, 0.25) is 11.2 Å². The van der Waals surface area contributed by atoms with E-state index in [4.69, 9.17) is 4.42 Å². The SMILES string of the molecule is Cn1cc(C#Cc2ccc(-c3oc4ccccc4c(=O)c3O)s2)c(=O)n(C)c1=O. The Hall–Kier alpha value is -3.83. The molecule has 0 saturated carbocycles. The zero-order valence-electron chi connectivity index (χ0n) is 15.4. The van der Waals surface area contributed by atoms with Crippen molar-refractivity contribution in [3.8, 4) is 28.2 Å². The summed E-state index contributed by atoms with van der Waals surface area (Å²) in [6, 6.07) is 10.1. The standard InChI is InChI=1S/C21H14N2O5S/c1-22-11-12(20(26)23(2)21(22)27)7-8-13-9-10-16(29-13)19-18(25)17(24)14-5-3-4-6-15(14)28-19/h3-6,9-11,25H,1-2H3. The Labute approximate surface area is 167 Å². The van der Waals surface area contributed by atoms with E-state index in [-0.39, 0.29) is 11.3 Å². The van der Waals surface area contributed by atoms with E-state index in [0.29, 0.717) is 20.7 Å². The first-order chi connectivity index (χ1) is 13.9. The van der Waals surface area contributed by atoms with Gasteiger partial charge in [-0.05, 0) is 24.3 Å². The molecule has 1 N–H and O–H groups in total. The summed E-state index contributed by atoms with van der Waals surface area (Å²) in [5.74, 6) is 5.26. The van der Waals surface area contributed by atoms with Crippen molar-refractivity contribution >= 4 is 22.3 Å². The number of hydrogen-bond acceptors (Lipinski definition) is 6. The molecule has 0 unspecified atom stereocenters. The van der Waals surface area contributed by atoms with Crippen molar-refractivity contribution in [1.29, 1.82) is 0 Å². The predicted octanol–water partition coefficient (Wildman–Crippen LogP) is 2.02. The van der Waals surface area contributed by atoms with Gasteiger partial charge in [-0.25, -0.2) is 4.79 Å². The van der Waals surface area contributed by atoms with Gasteiger partial charge in [0.15, 0.2) is 5.76 Å². The van der Waals surface area contributed by atoms with Crippen molar-refractivity contribution in [2.75, 3.05) is 0 Å². The summed E-state index contributed by atoms with van der Waals surface area (Å²) < 4.78 is 8.00. The molecule has 1 aromatic carbocycles. The summed E-state index contributed by atoms with van der Waals surface area (Å²) in [4.78, 5) is 37.4. The Bertz CT molecular complexity index is 1510. The lowest BCUT2D eigenvalue weighted by Crippen LogP contribution is -2.37. The summed E-state index contributed by atoms with van der Waals surface area (Å²) in [6.45, 7) is 0. The average Bonchev–Trinajstić information content (AvgIpc) is 3.19. The molecule has 0 atom stereocenters. The molecular formula is C21H14N2O5S. The normalized spacial score (nSPS) is 10.7. The molecule has 0 amide bonds. The molecule has 4 aromatic rings. The molecule has 29 heavy (non-hydrogen) atoms. The topological polar surface area (TPSA) is 94.4 Å².